The molecule has 0 amide bonds. The highest BCUT2D eigenvalue weighted by Crippen LogP contribution is 2.27. The molecule has 0 unspecified atom stereocenters. The van der Waals surface area contributed by atoms with Crippen LogP contribution in [0.25, 0.3) is 10.9 Å². The Labute approximate surface area is 94.4 Å². The second-order valence-electron chi connectivity index (χ2n) is 4.16. The van der Waals surface area contributed by atoms with E-state index >= 15 is 0 Å². The van der Waals surface area contributed by atoms with Crippen molar-refractivity contribution in [1.29, 1.82) is 0 Å². The molecule has 0 aliphatic heterocycles. The Balaban J connectivity index is 2.58. The number of nitrogens with one attached hydrogen (secondary N) is 1. The molecule has 1 heterocycles. The number of halogens is 1. The molecular formula is C12H15ClN2. The van der Waals surface area contributed by atoms with Crippen molar-refractivity contribution in [2.24, 2.45) is 5.73 Å². The fraction of sp³-hybridized carbons (Fsp3) is 0.333. The highest BCUT2D eigenvalue weighted by atomic mass is 35.5. The van der Waals surface area contributed by atoms with Crippen LogP contribution >= 0.6 is 11.6 Å². The summed E-state index contributed by atoms with van der Waals surface area (Å²) in [5.74, 6) is 0. The molecule has 2 aromatic rings. The van der Waals surface area contributed by atoms with Gasteiger partial charge in [0.25, 0.3) is 0 Å². The Morgan fingerprint density at radius 3 is 2.87 bits per heavy atom. The minimum atomic E-state index is 0.170. The second-order valence-corrected chi connectivity index (χ2v) is 4.57. The molecule has 0 aliphatic rings. The van der Waals surface area contributed by atoms with Crippen LogP contribution in [0.2, 0.25) is 5.02 Å². The Hall–Kier alpha value is -0.990. The number of aromatic nitrogens is 1. The molecule has 1 aromatic carbocycles. The lowest BCUT2D eigenvalue weighted by Crippen LogP contribution is -2.17. The predicted octanol–water partition coefficient (Wildman–Crippen LogP) is 3.02. The third-order valence-electron chi connectivity index (χ3n) is 2.51. The molecule has 0 spiro atoms. The van der Waals surface area contributed by atoms with Crippen molar-refractivity contribution in [3.8, 4) is 0 Å². The molecule has 0 saturated heterocycles. The van der Waals surface area contributed by atoms with Crippen molar-refractivity contribution in [2.45, 2.75) is 26.3 Å². The lowest BCUT2D eigenvalue weighted by Gasteiger charge is -2.04. The van der Waals surface area contributed by atoms with Gasteiger partial charge < -0.3 is 10.7 Å². The number of hydrogen-bond acceptors (Lipinski definition) is 1. The minimum absolute atomic E-state index is 0.170. The van der Waals surface area contributed by atoms with Crippen LogP contribution in [0.5, 0.6) is 0 Å². The van der Waals surface area contributed by atoms with Crippen molar-refractivity contribution < 1.29 is 0 Å². The zero-order chi connectivity index (χ0) is 11.0. The van der Waals surface area contributed by atoms with Gasteiger partial charge in [-0.3, -0.25) is 0 Å². The van der Waals surface area contributed by atoms with E-state index in [1.54, 1.807) is 0 Å². The van der Waals surface area contributed by atoms with E-state index in [1.807, 2.05) is 26.1 Å². The molecule has 3 N–H and O–H groups in total. The molecule has 0 fully saturated rings. The largest absolute Gasteiger partial charge is 0.360 e. The maximum atomic E-state index is 6.15. The Morgan fingerprint density at radius 2 is 2.20 bits per heavy atom. The monoisotopic (exact) mass is 222 g/mol. The number of nitrogens with two attached hydrogens (primary N) is 1. The van der Waals surface area contributed by atoms with Gasteiger partial charge in [-0.1, -0.05) is 11.6 Å². The lowest BCUT2D eigenvalue weighted by atomic mass is 10.1. The first-order valence-electron chi connectivity index (χ1n) is 5.09. The summed E-state index contributed by atoms with van der Waals surface area (Å²) in [6.07, 6.45) is 2.87. The van der Waals surface area contributed by atoms with Gasteiger partial charge in [-0.15, -0.1) is 0 Å². The van der Waals surface area contributed by atoms with Crippen LogP contribution in [-0.2, 0) is 6.42 Å². The number of hydrogen-bond donors (Lipinski definition) is 2. The van der Waals surface area contributed by atoms with Crippen molar-refractivity contribution in [3.63, 3.8) is 0 Å². The first kappa shape index (κ1) is 10.5. The summed E-state index contributed by atoms with van der Waals surface area (Å²) < 4.78 is 0. The number of H-pyrrole nitrogens is 1. The number of benzene rings is 1. The average molecular weight is 223 g/mol. The van der Waals surface area contributed by atoms with Crippen molar-refractivity contribution >= 4 is 22.5 Å². The van der Waals surface area contributed by atoms with E-state index in [0.717, 1.165) is 17.0 Å². The number of fused-ring (bicyclic) bond motifs is 1. The summed E-state index contributed by atoms with van der Waals surface area (Å²) in [7, 11) is 0. The van der Waals surface area contributed by atoms with E-state index in [2.05, 4.69) is 11.1 Å². The molecule has 0 bridgehead atoms. The van der Waals surface area contributed by atoms with E-state index < -0.39 is 0 Å². The second kappa shape index (κ2) is 3.87. The van der Waals surface area contributed by atoms with Gasteiger partial charge >= 0.3 is 0 Å². The molecule has 1 aromatic heterocycles. The zero-order valence-corrected chi connectivity index (χ0v) is 9.73. The normalized spacial score (nSPS) is 13.3. The lowest BCUT2D eigenvalue weighted by molar-refractivity contribution is 0.741. The quantitative estimate of drug-likeness (QED) is 0.806. The molecule has 0 radical (unpaired) electrons. The predicted molar refractivity (Wildman–Crippen MR) is 65.4 cm³/mol. The topological polar surface area (TPSA) is 41.8 Å². The van der Waals surface area contributed by atoms with Crippen LogP contribution in [-0.4, -0.2) is 11.0 Å². The fourth-order valence-corrected chi connectivity index (χ4v) is 2.22. The van der Waals surface area contributed by atoms with Crippen LogP contribution in [0, 0.1) is 6.92 Å². The molecule has 3 heteroatoms. The van der Waals surface area contributed by atoms with Gasteiger partial charge in [-0.25, -0.2) is 0 Å². The van der Waals surface area contributed by atoms with Gasteiger partial charge in [0.15, 0.2) is 0 Å². The summed E-state index contributed by atoms with van der Waals surface area (Å²) in [6, 6.07) is 4.29. The van der Waals surface area contributed by atoms with Gasteiger partial charge in [0.05, 0.1) is 10.5 Å². The Morgan fingerprint density at radius 1 is 1.47 bits per heavy atom. The zero-order valence-electron chi connectivity index (χ0n) is 8.97. The van der Waals surface area contributed by atoms with Gasteiger partial charge in [0.2, 0.25) is 0 Å². The Kier molecular flexibility index (Phi) is 2.72. The van der Waals surface area contributed by atoms with Crippen molar-refractivity contribution in [1.82, 2.24) is 4.98 Å². The fourth-order valence-electron chi connectivity index (χ4n) is 1.89. The summed E-state index contributed by atoms with van der Waals surface area (Å²) >= 11 is 6.15. The van der Waals surface area contributed by atoms with Crippen LogP contribution in [0.4, 0.5) is 0 Å². The van der Waals surface area contributed by atoms with Crippen LogP contribution in [0.15, 0.2) is 18.3 Å². The summed E-state index contributed by atoms with van der Waals surface area (Å²) in [5, 5.41) is 1.97. The van der Waals surface area contributed by atoms with E-state index in [1.165, 1.54) is 16.5 Å². The van der Waals surface area contributed by atoms with Gasteiger partial charge in [0, 0.05) is 17.6 Å². The summed E-state index contributed by atoms with van der Waals surface area (Å²) in [4.78, 5) is 3.20. The highest BCUT2D eigenvalue weighted by Gasteiger charge is 2.08. The number of rotatable bonds is 2. The third kappa shape index (κ3) is 2.01. The minimum Gasteiger partial charge on any atom is -0.360 e. The van der Waals surface area contributed by atoms with E-state index in [0.29, 0.717) is 0 Å². The van der Waals surface area contributed by atoms with Gasteiger partial charge in [-0.05, 0) is 43.5 Å². The third-order valence-corrected chi connectivity index (χ3v) is 2.81. The van der Waals surface area contributed by atoms with Crippen LogP contribution in [0.1, 0.15) is 18.1 Å². The SMILES string of the molecule is Cc1cc(Cl)c2[nH]cc(C[C@H](C)N)c2c1. The van der Waals surface area contributed by atoms with Crippen LogP contribution < -0.4 is 5.73 Å². The van der Waals surface area contributed by atoms with Gasteiger partial charge in [-0.2, -0.15) is 0 Å². The van der Waals surface area contributed by atoms with E-state index in [4.69, 9.17) is 17.3 Å². The average Bonchev–Trinajstić information content (AvgIpc) is 2.48. The molecule has 15 heavy (non-hydrogen) atoms. The number of aromatic amines is 1. The molecule has 0 saturated carbocycles. The van der Waals surface area contributed by atoms with Gasteiger partial charge in [0.1, 0.15) is 0 Å². The van der Waals surface area contributed by atoms with Crippen LogP contribution in [0.3, 0.4) is 0 Å². The standard InChI is InChI=1S/C12H15ClN2/c1-7-3-10-9(5-8(2)14)6-15-12(10)11(13)4-7/h3-4,6,8,15H,5,14H2,1-2H3/t8-/m0/s1. The van der Waals surface area contributed by atoms with Crippen molar-refractivity contribution in [2.75, 3.05) is 0 Å². The maximum absolute atomic E-state index is 6.15. The molecular weight excluding hydrogens is 208 g/mol. The number of aryl methyl sites for hydroxylation is 1. The molecule has 2 rings (SSSR count). The summed E-state index contributed by atoms with van der Waals surface area (Å²) in [6.45, 7) is 4.06. The maximum Gasteiger partial charge on any atom is 0.0649 e. The van der Waals surface area contributed by atoms with E-state index in [-0.39, 0.29) is 6.04 Å². The molecule has 1 atom stereocenters. The molecule has 80 valence electrons. The first-order chi connectivity index (χ1) is 7.08. The first-order valence-corrected chi connectivity index (χ1v) is 5.47. The highest BCUT2D eigenvalue weighted by molar-refractivity contribution is 6.35. The summed E-state index contributed by atoms with van der Waals surface area (Å²) in [5.41, 5.74) is 9.24. The smallest absolute Gasteiger partial charge is 0.0649 e. The van der Waals surface area contributed by atoms with Crippen molar-refractivity contribution in [3.05, 3.63) is 34.5 Å². The molecule has 0 aliphatic carbocycles. The van der Waals surface area contributed by atoms with E-state index in [9.17, 15) is 0 Å². The molecule has 2 nitrogen and oxygen atoms in total. The Bertz CT molecular complexity index is 486.